The summed E-state index contributed by atoms with van der Waals surface area (Å²) < 4.78 is 23.2. The predicted octanol–water partition coefficient (Wildman–Crippen LogP) is 2.67. The van der Waals surface area contributed by atoms with Gasteiger partial charge in [0, 0.05) is 13.7 Å². The smallest absolute Gasteiger partial charge is 0.246 e. The van der Waals surface area contributed by atoms with Crippen LogP contribution in [0.4, 0.5) is 4.39 Å². The minimum atomic E-state index is -0.261. The van der Waals surface area contributed by atoms with E-state index in [0.29, 0.717) is 13.2 Å². The van der Waals surface area contributed by atoms with Crippen molar-refractivity contribution < 1.29 is 18.7 Å². The van der Waals surface area contributed by atoms with Crippen LogP contribution in [0.25, 0.3) is 0 Å². The highest BCUT2D eigenvalue weighted by Gasteiger charge is 2.01. The Bertz CT molecular complexity index is 596. The fourth-order valence-electron chi connectivity index (χ4n) is 1.83. The highest BCUT2D eigenvalue weighted by molar-refractivity contribution is 5.77. The van der Waals surface area contributed by atoms with Crippen LogP contribution < -0.4 is 10.1 Å². The minimum absolute atomic E-state index is 0.0544. The molecule has 0 atom stereocenters. The minimum Gasteiger partial charge on any atom is -0.489 e. The number of rotatable bonds is 7. The van der Waals surface area contributed by atoms with Crippen molar-refractivity contribution in [3.8, 4) is 5.75 Å². The molecular formula is C17H18FNO3. The Morgan fingerprint density at radius 2 is 1.68 bits per heavy atom. The van der Waals surface area contributed by atoms with Crippen LogP contribution in [0.3, 0.4) is 0 Å². The molecule has 0 aromatic heterocycles. The highest BCUT2D eigenvalue weighted by atomic mass is 19.1. The van der Waals surface area contributed by atoms with E-state index in [1.54, 1.807) is 12.1 Å². The molecular weight excluding hydrogens is 285 g/mol. The summed E-state index contributed by atoms with van der Waals surface area (Å²) in [5.41, 5.74) is 1.87. The molecule has 2 rings (SSSR count). The number of amides is 1. The zero-order chi connectivity index (χ0) is 15.8. The lowest BCUT2D eigenvalue weighted by Gasteiger charge is -2.08. The average Bonchev–Trinajstić information content (AvgIpc) is 2.54. The molecule has 0 unspecified atom stereocenters. The highest BCUT2D eigenvalue weighted by Crippen LogP contribution is 2.14. The summed E-state index contributed by atoms with van der Waals surface area (Å²) in [5, 5.41) is 2.74. The van der Waals surface area contributed by atoms with E-state index in [4.69, 9.17) is 9.47 Å². The van der Waals surface area contributed by atoms with E-state index in [2.05, 4.69) is 5.32 Å². The Kier molecular flexibility index (Phi) is 5.91. The van der Waals surface area contributed by atoms with E-state index >= 15 is 0 Å². The van der Waals surface area contributed by atoms with Crippen molar-refractivity contribution in [3.05, 3.63) is 65.5 Å². The number of methoxy groups -OCH3 is 1. The molecule has 5 heteroatoms. The SMILES string of the molecule is COCC(=O)NCc1ccc(OCc2ccc(F)cc2)cc1. The zero-order valence-corrected chi connectivity index (χ0v) is 12.3. The van der Waals surface area contributed by atoms with Crippen LogP contribution in [-0.2, 0) is 22.7 Å². The molecule has 22 heavy (non-hydrogen) atoms. The molecule has 0 heterocycles. The summed E-state index contributed by atoms with van der Waals surface area (Å²) in [6.07, 6.45) is 0. The maximum atomic E-state index is 12.8. The van der Waals surface area contributed by atoms with Gasteiger partial charge in [0.1, 0.15) is 24.8 Å². The molecule has 0 saturated heterocycles. The van der Waals surface area contributed by atoms with Crippen molar-refractivity contribution in [2.75, 3.05) is 13.7 Å². The summed E-state index contributed by atoms with van der Waals surface area (Å²) in [7, 11) is 1.48. The molecule has 2 aromatic rings. The summed E-state index contributed by atoms with van der Waals surface area (Å²) in [6, 6.07) is 13.6. The second-order valence-corrected chi connectivity index (χ2v) is 4.77. The first kappa shape index (κ1) is 16.0. The van der Waals surface area contributed by atoms with Crippen LogP contribution in [0.15, 0.2) is 48.5 Å². The lowest BCUT2D eigenvalue weighted by Crippen LogP contribution is -2.26. The van der Waals surface area contributed by atoms with E-state index in [0.717, 1.165) is 16.9 Å². The number of carbonyl (C=O) groups is 1. The Morgan fingerprint density at radius 1 is 1.05 bits per heavy atom. The molecule has 0 bridgehead atoms. The fourth-order valence-corrected chi connectivity index (χ4v) is 1.83. The van der Waals surface area contributed by atoms with Gasteiger partial charge in [0.25, 0.3) is 0 Å². The lowest BCUT2D eigenvalue weighted by atomic mass is 10.2. The van der Waals surface area contributed by atoms with Crippen LogP contribution >= 0.6 is 0 Å². The molecule has 0 aliphatic rings. The Labute approximate surface area is 128 Å². The molecule has 0 aliphatic carbocycles. The molecule has 0 aliphatic heterocycles. The van der Waals surface area contributed by atoms with Crippen molar-refractivity contribution in [2.24, 2.45) is 0 Å². The van der Waals surface area contributed by atoms with Crippen molar-refractivity contribution >= 4 is 5.91 Å². The molecule has 0 radical (unpaired) electrons. The van der Waals surface area contributed by atoms with Gasteiger partial charge in [-0.25, -0.2) is 4.39 Å². The first-order valence-corrected chi connectivity index (χ1v) is 6.89. The van der Waals surface area contributed by atoms with Crippen molar-refractivity contribution in [3.63, 3.8) is 0 Å². The van der Waals surface area contributed by atoms with E-state index in [9.17, 15) is 9.18 Å². The van der Waals surface area contributed by atoms with E-state index in [-0.39, 0.29) is 18.3 Å². The van der Waals surface area contributed by atoms with Gasteiger partial charge in [0.15, 0.2) is 0 Å². The van der Waals surface area contributed by atoms with Gasteiger partial charge in [-0.3, -0.25) is 4.79 Å². The maximum Gasteiger partial charge on any atom is 0.246 e. The summed E-state index contributed by atoms with van der Waals surface area (Å²) in [5.74, 6) is 0.305. The van der Waals surface area contributed by atoms with Crippen LogP contribution in [0.2, 0.25) is 0 Å². The van der Waals surface area contributed by atoms with Gasteiger partial charge in [-0.15, -0.1) is 0 Å². The zero-order valence-electron chi connectivity index (χ0n) is 12.3. The number of benzene rings is 2. The first-order valence-electron chi connectivity index (χ1n) is 6.89. The molecule has 2 aromatic carbocycles. The summed E-state index contributed by atoms with van der Waals surface area (Å²) in [6.45, 7) is 0.878. The summed E-state index contributed by atoms with van der Waals surface area (Å²) >= 11 is 0. The van der Waals surface area contributed by atoms with Gasteiger partial charge in [0.05, 0.1) is 0 Å². The molecule has 0 saturated carbocycles. The number of halogens is 1. The molecule has 1 N–H and O–H groups in total. The monoisotopic (exact) mass is 303 g/mol. The third-order valence-corrected chi connectivity index (χ3v) is 3.01. The van der Waals surface area contributed by atoms with Crippen LogP contribution in [0.1, 0.15) is 11.1 Å². The standard InChI is InChI=1S/C17H18FNO3/c1-21-12-17(20)19-10-13-4-8-16(9-5-13)22-11-14-2-6-15(18)7-3-14/h2-9H,10-12H2,1H3,(H,19,20). The van der Waals surface area contributed by atoms with Crippen molar-refractivity contribution in [2.45, 2.75) is 13.2 Å². The molecule has 1 amide bonds. The third kappa shape index (κ3) is 5.18. The second-order valence-electron chi connectivity index (χ2n) is 4.77. The summed E-state index contributed by atoms with van der Waals surface area (Å²) in [4.78, 5) is 11.3. The molecule has 0 fully saturated rings. The lowest BCUT2D eigenvalue weighted by molar-refractivity contribution is -0.124. The molecule has 116 valence electrons. The molecule has 4 nitrogen and oxygen atoms in total. The number of hydrogen-bond donors (Lipinski definition) is 1. The van der Waals surface area contributed by atoms with E-state index < -0.39 is 0 Å². The van der Waals surface area contributed by atoms with Crippen LogP contribution in [0.5, 0.6) is 5.75 Å². The van der Waals surface area contributed by atoms with Gasteiger partial charge < -0.3 is 14.8 Å². The van der Waals surface area contributed by atoms with Gasteiger partial charge in [-0.05, 0) is 35.4 Å². The number of carbonyl (C=O) groups excluding carboxylic acids is 1. The third-order valence-electron chi connectivity index (χ3n) is 3.01. The quantitative estimate of drug-likeness (QED) is 0.855. The molecule has 0 spiro atoms. The van der Waals surface area contributed by atoms with Gasteiger partial charge in [-0.1, -0.05) is 24.3 Å². The predicted molar refractivity (Wildman–Crippen MR) is 80.9 cm³/mol. The largest absolute Gasteiger partial charge is 0.489 e. The Morgan fingerprint density at radius 3 is 2.32 bits per heavy atom. The van der Waals surface area contributed by atoms with Gasteiger partial charge in [-0.2, -0.15) is 0 Å². The van der Waals surface area contributed by atoms with Crippen molar-refractivity contribution in [1.82, 2.24) is 5.32 Å². The van der Waals surface area contributed by atoms with Crippen molar-refractivity contribution in [1.29, 1.82) is 0 Å². The number of hydrogen-bond acceptors (Lipinski definition) is 3. The van der Waals surface area contributed by atoms with Gasteiger partial charge in [0.2, 0.25) is 5.91 Å². The average molecular weight is 303 g/mol. The number of ether oxygens (including phenoxy) is 2. The maximum absolute atomic E-state index is 12.8. The second kappa shape index (κ2) is 8.14. The van der Waals surface area contributed by atoms with E-state index in [1.807, 2.05) is 24.3 Å². The Balaban J connectivity index is 1.81. The van der Waals surface area contributed by atoms with E-state index in [1.165, 1.54) is 19.2 Å². The van der Waals surface area contributed by atoms with Crippen LogP contribution in [-0.4, -0.2) is 19.6 Å². The number of nitrogens with one attached hydrogen (secondary N) is 1. The first-order chi connectivity index (χ1) is 10.7. The Hall–Kier alpha value is -2.40. The fraction of sp³-hybridized carbons (Fsp3) is 0.235. The topological polar surface area (TPSA) is 47.6 Å². The normalized spacial score (nSPS) is 10.3. The van der Waals surface area contributed by atoms with Gasteiger partial charge >= 0.3 is 0 Å². The van der Waals surface area contributed by atoms with Crippen LogP contribution in [0, 0.1) is 5.82 Å².